The molecular formula is C12H8N2O6. The summed E-state index contributed by atoms with van der Waals surface area (Å²) in [4.78, 5) is 19.8. The summed E-state index contributed by atoms with van der Waals surface area (Å²) in [5.74, 6) is -0.667. The maximum atomic E-state index is 10.9. The molecule has 2 aromatic rings. The highest BCUT2D eigenvalue weighted by molar-refractivity contribution is 5.61. The number of nitrogens with zero attached hydrogens (tertiary/aromatic N) is 2. The summed E-state index contributed by atoms with van der Waals surface area (Å²) in [6.45, 7) is 0. The predicted octanol–water partition coefficient (Wildman–Crippen LogP) is 3.00. The molecular weight excluding hydrogens is 268 g/mol. The fraction of sp³-hybridized carbons (Fsp3) is 0. The molecule has 0 aliphatic heterocycles. The van der Waals surface area contributed by atoms with Crippen LogP contribution in [-0.4, -0.2) is 15.0 Å². The van der Waals surface area contributed by atoms with Crippen LogP contribution in [0.3, 0.4) is 0 Å². The summed E-state index contributed by atoms with van der Waals surface area (Å²) in [5, 5.41) is 31.1. The lowest BCUT2D eigenvalue weighted by Crippen LogP contribution is -1.96. The third-order valence-electron chi connectivity index (χ3n) is 2.42. The molecule has 0 heterocycles. The first-order valence-corrected chi connectivity index (χ1v) is 5.37. The number of para-hydroxylation sites is 1. The minimum absolute atomic E-state index is 0.274. The fourth-order valence-corrected chi connectivity index (χ4v) is 1.53. The quantitative estimate of drug-likeness (QED) is 0.677. The Morgan fingerprint density at radius 1 is 0.950 bits per heavy atom. The Hall–Kier alpha value is -3.16. The third kappa shape index (κ3) is 2.64. The van der Waals surface area contributed by atoms with Crippen molar-refractivity contribution in [3.63, 3.8) is 0 Å². The van der Waals surface area contributed by atoms with E-state index in [9.17, 15) is 25.3 Å². The van der Waals surface area contributed by atoms with Gasteiger partial charge >= 0.3 is 11.4 Å². The van der Waals surface area contributed by atoms with Gasteiger partial charge in [0.25, 0.3) is 0 Å². The van der Waals surface area contributed by atoms with Crippen LogP contribution in [0.25, 0.3) is 0 Å². The summed E-state index contributed by atoms with van der Waals surface area (Å²) in [6, 6.07) is 9.68. The van der Waals surface area contributed by atoms with Gasteiger partial charge in [0.15, 0.2) is 5.75 Å². The molecule has 0 aliphatic rings. The molecule has 0 atom stereocenters. The van der Waals surface area contributed by atoms with Crippen molar-refractivity contribution in [2.24, 2.45) is 0 Å². The zero-order valence-corrected chi connectivity index (χ0v) is 9.92. The Balaban J connectivity index is 2.49. The van der Waals surface area contributed by atoms with Crippen LogP contribution < -0.4 is 4.74 Å². The largest absolute Gasteiger partial charge is 0.502 e. The number of benzene rings is 2. The Labute approximate surface area is 112 Å². The molecule has 0 spiro atoms. The van der Waals surface area contributed by atoms with Crippen LogP contribution in [0.15, 0.2) is 42.5 Å². The van der Waals surface area contributed by atoms with Gasteiger partial charge in [-0.15, -0.1) is 0 Å². The lowest BCUT2D eigenvalue weighted by molar-refractivity contribution is -0.395. The number of rotatable bonds is 4. The number of nitro groups is 2. The molecule has 2 rings (SSSR count). The van der Waals surface area contributed by atoms with Crippen molar-refractivity contribution in [1.82, 2.24) is 0 Å². The number of phenols is 1. The molecule has 8 heteroatoms. The minimum Gasteiger partial charge on any atom is -0.502 e. The van der Waals surface area contributed by atoms with E-state index in [2.05, 4.69) is 0 Å². The van der Waals surface area contributed by atoms with E-state index in [1.807, 2.05) is 0 Å². The Kier molecular flexibility index (Phi) is 3.47. The first-order valence-electron chi connectivity index (χ1n) is 5.37. The van der Waals surface area contributed by atoms with Crippen LogP contribution in [0, 0.1) is 20.2 Å². The van der Waals surface area contributed by atoms with Gasteiger partial charge in [-0.2, -0.15) is 0 Å². The lowest BCUT2D eigenvalue weighted by Gasteiger charge is -2.06. The van der Waals surface area contributed by atoms with Crippen molar-refractivity contribution in [2.45, 2.75) is 0 Å². The van der Waals surface area contributed by atoms with E-state index in [-0.39, 0.29) is 5.75 Å². The molecule has 2 aromatic carbocycles. The van der Waals surface area contributed by atoms with E-state index in [1.54, 1.807) is 30.3 Å². The van der Waals surface area contributed by atoms with Gasteiger partial charge in [-0.25, -0.2) is 0 Å². The fourth-order valence-electron chi connectivity index (χ4n) is 1.53. The van der Waals surface area contributed by atoms with Crippen LogP contribution in [0.2, 0.25) is 0 Å². The average Bonchev–Trinajstić information content (AvgIpc) is 2.39. The molecule has 0 aromatic heterocycles. The van der Waals surface area contributed by atoms with Crippen molar-refractivity contribution < 1.29 is 19.7 Å². The minimum atomic E-state index is -0.908. The molecule has 0 amide bonds. The molecule has 0 bridgehead atoms. The zero-order chi connectivity index (χ0) is 14.7. The van der Waals surface area contributed by atoms with Crippen LogP contribution in [0.1, 0.15) is 0 Å². The molecule has 8 nitrogen and oxygen atoms in total. The topological polar surface area (TPSA) is 116 Å². The van der Waals surface area contributed by atoms with Crippen molar-refractivity contribution in [2.75, 3.05) is 0 Å². The maximum Gasteiger partial charge on any atom is 0.318 e. The smallest absolute Gasteiger partial charge is 0.318 e. The van der Waals surface area contributed by atoms with Gasteiger partial charge in [0.05, 0.1) is 9.85 Å². The number of aromatic hydroxyl groups is 1. The average molecular weight is 276 g/mol. The second-order valence-corrected chi connectivity index (χ2v) is 3.74. The normalized spacial score (nSPS) is 10.0. The van der Waals surface area contributed by atoms with Gasteiger partial charge in [-0.05, 0) is 12.1 Å². The first-order chi connectivity index (χ1) is 9.49. The van der Waals surface area contributed by atoms with Gasteiger partial charge in [0.2, 0.25) is 5.75 Å². The van der Waals surface area contributed by atoms with Gasteiger partial charge < -0.3 is 9.84 Å². The van der Waals surface area contributed by atoms with Crippen LogP contribution >= 0.6 is 0 Å². The van der Waals surface area contributed by atoms with Crippen molar-refractivity contribution in [3.05, 3.63) is 62.7 Å². The third-order valence-corrected chi connectivity index (χ3v) is 2.42. The van der Waals surface area contributed by atoms with E-state index >= 15 is 0 Å². The number of ether oxygens (including phenoxy) is 1. The van der Waals surface area contributed by atoms with Crippen molar-refractivity contribution in [1.29, 1.82) is 0 Å². The molecule has 0 unspecified atom stereocenters. The molecule has 0 saturated carbocycles. The molecule has 102 valence electrons. The van der Waals surface area contributed by atoms with Crippen LogP contribution in [-0.2, 0) is 0 Å². The van der Waals surface area contributed by atoms with E-state index in [0.29, 0.717) is 11.8 Å². The Bertz CT molecular complexity index is 671. The van der Waals surface area contributed by atoms with E-state index in [4.69, 9.17) is 4.74 Å². The molecule has 0 radical (unpaired) electrons. The second-order valence-electron chi connectivity index (χ2n) is 3.74. The molecule has 20 heavy (non-hydrogen) atoms. The monoisotopic (exact) mass is 276 g/mol. The van der Waals surface area contributed by atoms with Gasteiger partial charge in [-0.1, -0.05) is 18.2 Å². The van der Waals surface area contributed by atoms with E-state index in [0.717, 1.165) is 6.07 Å². The SMILES string of the molecule is O=[N+]([O-])c1cc([N+](=O)[O-])c(Oc2ccccc2)cc1O. The summed E-state index contributed by atoms with van der Waals surface area (Å²) in [6.07, 6.45) is 0. The summed E-state index contributed by atoms with van der Waals surface area (Å²) >= 11 is 0. The highest BCUT2D eigenvalue weighted by Crippen LogP contribution is 2.40. The number of nitro benzene ring substituents is 2. The molecule has 0 aliphatic carbocycles. The number of phenolic OH excluding ortho intramolecular Hbond substituents is 1. The maximum absolute atomic E-state index is 10.9. The van der Waals surface area contributed by atoms with Gasteiger partial charge in [-0.3, -0.25) is 20.2 Å². The standard InChI is InChI=1S/C12H8N2O6/c15-11-7-12(20-8-4-2-1-3-5-8)10(14(18)19)6-9(11)13(16)17/h1-7,15H. The van der Waals surface area contributed by atoms with Crippen molar-refractivity contribution >= 4 is 11.4 Å². The van der Waals surface area contributed by atoms with E-state index < -0.39 is 27.0 Å². The Morgan fingerprint density at radius 2 is 1.55 bits per heavy atom. The lowest BCUT2D eigenvalue weighted by atomic mass is 10.2. The Morgan fingerprint density at radius 3 is 2.10 bits per heavy atom. The van der Waals surface area contributed by atoms with E-state index in [1.165, 1.54) is 0 Å². The summed E-state index contributed by atoms with van der Waals surface area (Å²) in [5.41, 5.74) is -1.35. The highest BCUT2D eigenvalue weighted by Gasteiger charge is 2.25. The first kappa shape index (κ1) is 13.3. The summed E-state index contributed by atoms with van der Waals surface area (Å²) < 4.78 is 5.26. The zero-order valence-electron chi connectivity index (χ0n) is 9.92. The van der Waals surface area contributed by atoms with Crippen molar-refractivity contribution in [3.8, 4) is 17.2 Å². The van der Waals surface area contributed by atoms with Crippen LogP contribution in [0.5, 0.6) is 17.2 Å². The highest BCUT2D eigenvalue weighted by atomic mass is 16.6. The predicted molar refractivity (Wildman–Crippen MR) is 67.9 cm³/mol. The summed E-state index contributed by atoms with van der Waals surface area (Å²) in [7, 11) is 0. The molecule has 1 N–H and O–H groups in total. The number of hydrogen-bond donors (Lipinski definition) is 1. The van der Waals surface area contributed by atoms with Gasteiger partial charge in [0.1, 0.15) is 11.8 Å². The number of hydrogen-bond acceptors (Lipinski definition) is 6. The second kappa shape index (κ2) is 5.22. The van der Waals surface area contributed by atoms with Gasteiger partial charge in [0, 0.05) is 6.07 Å². The molecule has 0 saturated heterocycles. The molecule has 0 fully saturated rings. The van der Waals surface area contributed by atoms with Crippen LogP contribution in [0.4, 0.5) is 11.4 Å².